The van der Waals surface area contributed by atoms with E-state index in [-0.39, 0.29) is 11.5 Å². The normalized spacial score (nSPS) is 10.0. The number of ether oxygens (including phenoxy) is 1. The standard InChI is InChI=1S/C15H11NO6/c17-14(18)9-22-13-7-3-11(4-8-13)15(19)10-1-5-12(6-2-10)16(20)21/h1-8H,9H2,(H,17,18). The van der Waals surface area contributed by atoms with Crippen LogP contribution in [-0.4, -0.2) is 28.4 Å². The number of rotatable bonds is 6. The maximum Gasteiger partial charge on any atom is 0.341 e. The van der Waals surface area contributed by atoms with Crippen LogP contribution in [0.2, 0.25) is 0 Å². The second-order valence-electron chi connectivity index (χ2n) is 4.34. The lowest BCUT2D eigenvalue weighted by Crippen LogP contribution is -2.09. The van der Waals surface area contributed by atoms with E-state index in [1.807, 2.05) is 0 Å². The van der Waals surface area contributed by atoms with E-state index in [0.717, 1.165) is 0 Å². The molecule has 0 aliphatic rings. The van der Waals surface area contributed by atoms with Crippen LogP contribution in [-0.2, 0) is 4.79 Å². The number of hydrogen-bond donors (Lipinski definition) is 1. The summed E-state index contributed by atoms with van der Waals surface area (Å²) in [4.78, 5) is 32.6. The largest absolute Gasteiger partial charge is 0.482 e. The van der Waals surface area contributed by atoms with Crippen molar-refractivity contribution in [2.45, 2.75) is 0 Å². The van der Waals surface area contributed by atoms with Gasteiger partial charge in [0.1, 0.15) is 5.75 Å². The first-order valence-electron chi connectivity index (χ1n) is 6.21. The molecule has 0 aliphatic carbocycles. The molecule has 0 heterocycles. The van der Waals surface area contributed by atoms with Gasteiger partial charge in [-0.3, -0.25) is 14.9 Å². The molecule has 0 atom stereocenters. The minimum Gasteiger partial charge on any atom is -0.482 e. The Morgan fingerprint density at radius 2 is 1.50 bits per heavy atom. The van der Waals surface area contributed by atoms with Gasteiger partial charge in [-0.25, -0.2) is 4.79 Å². The number of carboxylic acids is 1. The fourth-order valence-corrected chi connectivity index (χ4v) is 1.75. The van der Waals surface area contributed by atoms with Crippen molar-refractivity contribution in [1.82, 2.24) is 0 Å². The molecule has 2 rings (SSSR count). The summed E-state index contributed by atoms with van der Waals surface area (Å²) in [7, 11) is 0. The Bertz CT molecular complexity index is 706. The van der Waals surface area contributed by atoms with Gasteiger partial charge >= 0.3 is 5.97 Å². The number of non-ortho nitro benzene ring substituents is 1. The Hall–Kier alpha value is -3.22. The molecule has 22 heavy (non-hydrogen) atoms. The molecule has 0 amide bonds. The van der Waals surface area contributed by atoms with Gasteiger partial charge in [-0.2, -0.15) is 0 Å². The zero-order chi connectivity index (χ0) is 16.1. The van der Waals surface area contributed by atoms with E-state index in [2.05, 4.69) is 0 Å². The Balaban J connectivity index is 2.12. The van der Waals surface area contributed by atoms with Crippen molar-refractivity contribution in [3.8, 4) is 5.75 Å². The van der Waals surface area contributed by atoms with Gasteiger partial charge in [0.2, 0.25) is 0 Å². The molecule has 0 saturated carbocycles. The summed E-state index contributed by atoms with van der Waals surface area (Å²) in [6, 6.07) is 11.3. The Labute approximate surface area is 124 Å². The molecule has 0 saturated heterocycles. The molecule has 2 aromatic rings. The topological polar surface area (TPSA) is 107 Å². The summed E-state index contributed by atoms with van der Waals surface area (Å²) in [6.45, 7) is -0.463. The zero-order valence-corrected chi connectivity index (χ0v) is 11.3. The van der Waals surface area contributed by atoms with Crippen molar-refractivity contribution in [3.63, 3.8) is 0 Å². The van der Waals surface area contributed by atoms with Crippen LogP contribution in [0.3, 0.4) is 0 Å². The Morgan fingerprint density at radius 1 is 1.00 bits per heavy atom. The number of aliphatic carboxylic acids is 1. The van der Waals surface area contributed by atoms with E-state index in [4.69, 9.17) is 9.84 Å². The molecule has 2 aromatic carbocycles. The summed E-state index contributed by atoms with van der Waals surface area (Å²) in [5, 5.41) is 19.1. The molecule has 112 valence electrons. The van der Waals surface area contributed by atoms with E-state index in [1.165, 1.54) is 48.5 Å². The Morgan fingerprint density at radius 3 is 1.95 bits per heavy atom. The van der Waals surface area contributed by atoms with Gasteiger partial charge in [-0.1, -0.05) is 0 Å². The minimum absolute atomic E-state index is 0.0889. The highest BCUT2D eigenvalue weighted by atomic mass is 16.6. The lowest BCUT2D eigenvalue weighted by Gasteiger charge is -2.05. The van der Waals surface area contributed by atoms with Gasteiger partial charge in [-0.05, 0) is 36.4 Å². The average molecular weight is 301 g/mol. The number of carbonyl (C=O) groups excluding carboxylic acids is 1. The third kappa shape index (κ3) is 3.66. The number of benzene rings is 2. The number of ketones is 1. The lowest BCUT2D eigenvalue weighted by molar-refractivity contribution is -0.384. The van der Waals surface area contributed by atoms with Gasteiger partial charge in [0.05, 0.1) is 4.92 Å². The molecular formula is C15H11NO6. The molecule has 0 aliphatic heterocycles. The van der Waals surface area contributed by atoms with Crippen LogP contribution in [0.25, 0.3) is 0 Å². The summed E-state index contributed by atoms with van der Waals surface area (Å²) in [5.74, 6) is -1.05. The lowest BCUT2D eigenvalue weighted by atomic mass is 10.0. The number of carbonyl (C=O) groups is 2. The zero-order valence-electron chi connectivity index (χ0n) is 11.3. The molecule has 0 fully saturated rings. The maximum atomic E-state index is 12.2. The van der Waals surface area contributed by atoms with Crippen molar-refractivity contribution in [1.29, 1.82) is 0 Å². The van der Waals surface area contributed by atoms with E-state index >= 15 is 0 Å². The predicted molar refractivity (Wildman–Crippen MR) is 76.1 cm³/mol. The molecule has 7 nitrogen and oxygen atoms in total. The fraction of sp³-hybridized carbons (Fsp3) is 0.0667. The summed E-state index contributed by atoms with van der Waals surface area (Å²) < 4.78 is 4.96. The quantitative estimate of drug-likeness (QED) is 0.498. The second-order valence-corrected chi connectivity index (χ2v) is 4.34. The van der Waals surface area contributed by atoms with Gasteiger partial charge in [-0.15, -0.1) is 0 Å². The number of nitrogens with zero attached hydrogens (tertiary/aromatic N) is 1. The second kappa shape index (κ2) is 6.49. The van der Waals surface area contributed by atoms with Gasteiger partial charge in [0.25, 0.3) is 5.69 Å². The van der Waals surface area contributed by atoms with Crippen LogP contribution < -0.4 is 4.74 Å². The van der Waals surface area contributed by atoms with E-state index in [0.29, 0.717) is 16.9 Å². The molecular weight excluding hydrogens is 290 g/mol. The van der Waals surface area contributed by atoms with Crippen LogP contribution in [0.5, 0.6) is 5.75 Å². The highest BCUT2D eigenvalue weighted by molar-refractivity contribution is 6.09. The van der Waals surface area contributed by atoms with Crippen LogP contribution in [0, 0.1) is 10.1 Å². The van der Waals surface area contributed by atoms with E-state index in [9.17, 15) is 19.7 Å². The highest BCUT2D eigenvalue weighted by Gasteiger charge is 2.11. The van der Waals surface area contributed by atoms with Crippen molar-refractivity contribution < 1.29 is 24.4 Å². The molecule has 0 bridgehead atoms. The molecule has 0 radical (unpaired) electrons. The first-order valence-corrected chi connectivity index (χ1v) is 6.21. The van der Waals surface area contributed by atoms with E-state index in [1.54, 1.807) is 0 Å². The molecule has 0 aromatic heterocycles. The SMILES string of the molecule is O=C(O)COc1ccc(C(=O)c2ccc([N+](=O)[O-])cc2)cc1. The Kier molecular flexibility index (Phi) is 4.47. The van der Waals surface area contributed by atoms with Crippen LogP contribution >= 0.6 is 0 Å². The number of hydrogen-bond acceptors (Lipinski definition) is 5. The smallest absolute Gasteiger partial charge is 0.341 e. The summed E-state index contributed by atoms with van der Waals surface area (Å²) >= 11 is 0. The highest BCUT2D eigenvalue weighted by Crippen LogP contribution is 2.18. The summed E-state index contributed by atoms with van der Waals surface area (Å²) in [5.41, 5.74) is 0.607. The predicted octanol–water partition coefficient (Wildman–Crippen LogP) is 2.29. The molecule has 0 unspecified atom stereocenters. The summed E-state index contributed by atoms with van der Waals surface area (Å²) in [6.07, 6.45) is 0. The van der Waals surface area contributed by atoms with Gasteiger partial charge in [0, 0.05) is 23.3 Å². The van der Waals surface area contributed by atoms with E-state index < -0.39 is 17.5 Å². The maximum absolute atomic E-state index is 12.2. The van der Waals surface area contributed by atoms with Crippen molar-refractivity contribution in [3.05, 3.63) is 69.8 Å². The van der Waals surface area contributed by atoms with Crippen LogP contribution in [0.1, 0.15) is 15.9 Å². The first-order chi connectivity index (χ1) is 10.5. The molecule has 1 N–H and O–H groups in total. The average Bonchev–Trinajstić information content (AvgIpc) is 2.53. The third-order valence-electron chi connectivity index (χ3n) is 2.82. The van der Waals surface area contributed by atoms with Crippen molar-refractivity contribution in [2.24, 2.45) is 0 Å². The van der Waals surface area contributed by atoms with Gasteiger partial charge in [0.15, 0.2) is 12.4 Å². The van der Waals surface area contributed by atoms with Crippen LogP contribution in [0.4, 0.5) is 5.69 Å². The fourth-order valence-electron chi connectivity index (χ4n) is 1.75. The monoisotopic (exact) mass is 301 g/mol. The number of nitro groups is 1. The van der Waals surface area contributed by atoms with Crippen molar-refractivity contribution >= 4 is 17.4 Å². The first kappa shape index (κ1) is 15.2. The third-order valence-corrected chi connectivity index (χ3v) is 2.82. The molecule has 7 heteroatoms. The van der Waals surface area contributed by atoms with Crippen molar-refractivity contribution in [2.75, 3.05) is 6.61 Å². The van der Waals surface area contributed by atoms with Crippen LogP contribution in [0.15, 0.2) is 48.5 Å². The number of nitro benzene ring substituents is 1. The molecule has 0 spiro atoms. The number of carboxylic acid groups (broad SMARTS) is 1. The van der Waals surface area contributed by atoms with Gasteiger partial charge < -0.3 is 9.84 Å². The minimum atomic E-state index is -1.09.